The van der Waals surface area contributed by atoms with Crippen LogP contribution >= 0.6 is 11.6 Å². The number of ether oxygens (including phenoxy) is 1. The van der Waals surface area contributed by atoms with Gasteiger partial charge in [0.25, 0.3) is 0 Å². The maximum atomic E-state index is 9.36. The minimum atomic E-state index is -0.474. The van der Waals surface area contributed by atoms with Crippen molar-refractivity contribution >= 4 is 17.4 Å². The van der Waals surface area contributed by atoms with Gasteiger partial charge in [-0.2, -0.15) is 0 Å². The first kappa shape index (κ1) is 12.2. The summed E-state index contributed by atoms with van der Waals surface area (Å²) in [6, 6.07) is 0. The van der Waals surface area contributed by atoms with E-state index >= 15 is 0 Å². The van der Waals surface area contributed by atoms with Crippen LogP contribution in [-0.4, -0.2) is 41.4 Å². The predicted octanol–water partition coefficient (Wildman–Crippen LogP) is 0.939. The lowest BCUT2D eigenvalue weighted by molar-refractivity contribution is 0.0615. The minimum absolute atomic E-state index is 0.329. The summed E-state index contributed by atoms with van der Waals surface area (Å²) in [5.41, 5.74) is 0. The number of hydrogen-bond donors (Lipinski definition) is 2. The van der Waals surface area contributed by atoms with Crippen LogP contribution in [0.3, 0.4) is 0 Å². The molecule has 0 aromatic carbocycles. The van der Waals surface area contributed by atoms with Gasteiger partial charge >= 0.3 is 0 Å². The molecule has 1 rings (SSSR count). The Morgan fingerprint density at radius 1 is 1.53 bits per heavy atom. The van der Waals surface area contributed by atoms with E-state index in [2.05, 4.69) is 15.3 Å². The van der Waals surface area contributed by atoms with Gasteiger partial charge in [-0.1, -0.05) is 11.6 Å². The number of rotatable bonds is 6. The van der Waals surface area contributed by atoms with Crippen LogP contribution in [0, 0.1) is 0 Å². The lowest BCUT2D eigenvalue weighted by Crippen LogP contribution is -2.18. The summed E-state index contributed by atoms with van der Waals surface area (Å²) in [6.45, 7) is 0.902. The second-order valence-electron chi connectivity index (χ2n) is 3.02. The van der Waals surface area contributed by atoms with E-state index in [1.165, 1.54) is 6.20 Å². The molecule has 0 amide bonds. The van der Waals surface area contributed by atoms with Crippen LogP contribution in [0.25, 0.3) is 0 Å². The van der Waals surface area contributed by atoms with E-state index in [0.29, 0.717) is 30.5 Å². The molecule has 84 valence electrons. The van der Waals surface area contributed by atoms with Crippen molar-refractivity contribution in [2.24, 2.45) is 0 Å². The molecular formula is C9H14ClN3O2. The zero-order valence-electron chi connectivity index (χ0n) is 8.48. The Bertz CT molecular complexity index is 298. The summed E-state index contributed by atoms with van der Waals surface area (Å²) < 4.78 is 4.80. The molecule has 0 aliphatic heterocycles. The first-order valence-corrected chi connectivity index (χ1v) is 4.99. The number of aliphatic hydroxyl groups is 1. The molecule has 0 aliphatic rings. The Hall–Kier alpha value is -0.910. The topological polar surface area (TPSA) is 67.3 Å². The molecule has 1 atom stereocenters. The Balaban J connectivity index is 2.29. The molecule has 2 N–H and O–H groups in total. The van der Waals surface area contributed by atoms with Crippen molar-refractivity contribution in [3.8, 4) is 0 Å². The van der Waals surface area contributed by atoms with Crippen molar-refractivity contribution in [1.82, 2.24) is 9.97 Å². The van der Waals surface area contributed by atoms with Crippen molar-refractivity contribution in [2.75, 3.05) is 25.6 Å². The Morgan fingerprint density at radius 2 is 2.27 bits per heavy atom. The highest BCUT2D eigenvalue weighted by Gasteiger charge is 2.04. The van der Waals surface area contributed by atoms with Crippen LogP contribution in [0.4, 0.5) is 5.82 Å². The van der Waals surface area contributed by atoms with Gasteiger partial charge in [-0.25, -0.2) is 9.97 Å². The molecule has 5 nitrogen and oxygen atoms in total. The van der Waals surface area contributed by atoms with E-state index in [-0.39, 0.29) is 0 Å². The van der Waals surface area contributed by atoms with Gasteiger partial charge in [0.05, 0.1) is 12.7 Å². The highest BCUT2D eigenvalue weighted by Crippen LogP contribution is 2.13. The zero-order chi connectivity index (χ0) is 11.1. The van der Waals surface area contributed by atoms with Crippen LogP contribution in [-0.2, 0) is 4.74 Å². The third-order valence-electron chi connectivity index (χ3n) is 1.78. The number of nitrogens with zero attached hydrogens (tertiary/aromatic N) is 2. The molecule has 0 saturated carbocycles. The highest BCUT2D eigenvalue weighted by atomic mass is 35.5. The third kappa shape index (κ3) is 4.42. The van der Waals surface area contributed by atoms with Gasteiger partial charge in [0.1, 0.15) is 0 Å². The third-order valence-corrected chi connectivity index (χ3v) is 2.06. The molecule has 0 radical (unpaired) electrons. The molecule has 0 aliphatic carbocycles. The van der Waals surface area contributed by atoms with Crippen molar-refractivity contribution < 1.29 is 9.84 Å². The molecule has 6 heteroatoms. The van der Waals surface area contributed by atoms with Gasteiger partial charge in [-0.05, 0) is 6.42 Å². The number of aliphatic hydroxyl groups excluding tert-OH is 1. The maximum absolute atomic E-state index is 9.36. The SMILES string of the molecule is COCC(O)CCNc1nccnc1Cl. The number of methoxy groups -OCH3 is 1. The van der Waals surface area contributed by atoms with Crippen LogP contribution in [0.15, 0.2) is 12.4 Å². The number of anilines is 1. The molecule has 0 bridgehead atoms. The van der Waals surface area contributed by atoms with Crippen molar-refractivity contribution in [1.29, 1.82) is 0 Å². The Kier molecular flexibility index (Phi) is 5.31. The Morgan fingerprint density at radius 3 is 2.93 bits per heavy atom. The zero-order valence-corrected chi connectivity index (χ0v) is 9.24. The number of aromatic nitrogens is 2. The summed E-state index contributed by atoms with van der Waals surface area (Å²) in [5, 5.41) is 12.7. The molecule has 0 saturated heterocycles. The van der Waals surface area contributed by atoms with E-state index in [1.807, 2.05) is 0 Å². The average Bonchev–Trinajstić information content (AvgIpc) is 2.21. The molecule has 1 aromatic heterocycles. The van der Waals surface area contributed by atoms with Crippen molar-refractivity contribution in [3.63, 3.8) is 0 Å². The van der Waals surface area contributed by atoms with Gasteiger partial charge < -0.3 is 15.2 Å². The quantitative estimate of drug-likeness (QED) is 0.763. The van der Waals surface area contributed by atoms with Crippen LogP contribution in [0.2, 0.25) is 5.15 Å². The number of nitrogens with one attached hydrogen (secondary N) is 1. The van der Waals surface area contributed by atoms with E-state index in [1.54, 1.807) is 13.3 Å². The number of halogens is 1. The fourth-order valence-electron chi connectivity index (χ4n) is 1.07. The summed E-state index contributed by atoms with van der Waals surface area (Å²) in [6.07, 6.45) is 3.17. The van der Waals surface area contributed by atoms with E-state index in [4.69, 9.17) is 16.3 Å². The summed E-state index contributed by atoms with van der Waals surface area (Å²) in [4.78, 5) is 7.87. The fourth-order valence-corrected chi connectivity index (χ4v) is 1.24. The van der Waals surface area contributed by atoms with Crippen molar-refractivity contribution in [3.05, 3.63) is 17.5 Å². The van der Waals surface area contributed by atoms with Gasteiger partial charge in [0.15, 0.2) is 11.0 Å². The molecular weight excluding hydrogens is 218 g/mol. The normalized spacial score (nSPS) is 12.5. The molecule has 0 fully saturated rings. The fraction of sp³-hybridized carbons (Fsp3) is 0.556. The first-order valence-electron chi connectivity index (χ1n) is 4.61. The summed E-state index contributed by atoms with van der Waals surface area (Å²) in [5.74, 6) is 0.531. The van der Waals surface area contributed by atoms with E-state index in [9.17, 15) is 5.11 Å². The standard InChI is InChI=1S/C9H14ClN3O2/c1-15-6-7(14)2-3-12-9-8(10)11-4-5-13-9/h4-5,7,14H,2-3,6H2,1H3,(H,12,13). The van der Waals surface area contributed by atoms with E-state index < -0.39 is 6.10 Å². The van der Waals surface area contributed by atoms with Gasteiger partial charge in [0, 0.05) is 26.0 Å². The largest absolute Gasteiger partial charge is 0.391 e. The summed E-state index contributed by atoms with van der Waals surface area (Å²) >= 11 is 5.78. The van der Waals surface area contributed by atoms with Crippen LogP contribution in [0.5, 0.6) is 0 Å². The molecule has 1 heterocycles. The monoisotopic (exact) mass is 231 g/mol. The maximum Gasteiger partial charge on any atom is 0.171 e. The van der Waals surface area contributed by atoms with Crippen molar-refractivity contribution in [2.45, 2.75) is 12.5 Å². The smallest absolute Gasteiger partial charge is 0.171 e. The summed E-state index contributed by atoms with van der Waals surface area (Å²) in [7, 11) is 1.55. The van der Waals surface area contributed by atoms with E-state index in [0.717, 1.165) is 0 Å². The lowest BCUT2D eigenvalue weighted by Gasteiger charge is -2.10. The second-order valence-corrected chi connectivity index (χ2v) is 3.38. The molecule has 15 heavy (non-hydrogen) atoms. The lowest BCUT2D eigenvalue weighted by atomic mass is 10.3. The predicted molar refractivity (Wildman–Crippen MR) is 58.0 cm³/mol. The van der Waals surface area contributed by atoms with Gasteiger partial charge in [-0.15, -0.1) is 0 Å². The Labute approximate surface area is 93.5 Å². The first-order chi connectivity index (χ1) is 7.24. The molecule has 0 spiro atoms. The minimum Gasteiger partial charge on any atom is -0.391 e. The van der Waals surface area contributed by atoms with Gasteiger partial charge in [0.2, 0.25) is 0 Å². The van der Waals surface area contributed by atoms with Crippen LogP contribution in [0.1, 0.15) is 6.42 Å². The average molecular weight is 232 g/mol. The number of hydrogen-bond acceptors (Lipinski definition) is 5. The molecule has 1 unspecified atom stereocenters. The van der Waals surface area contributed by atoms with Gasteiger partial charge in [-0.3, -0.25) is 0 Å². The van der Waals surface area contributed by atoms with Crippen LogP contribution < -0.4 is 5.32 Å². The second kappa shape index (κ2) is 6.55. The molecule has 1 aromatic rings. The highest BCUT2D eigenvalue weighted by molar-refractivity contribution is 6.31.